The number of rotatable bonds is 4. The summed E-state index contributed by atoms with van der Waals surface area (Å²) in [7, 11) is 1.99. The first-order valence-electron chi connectivity index (χ1n) is 8.54. The van der Waals surface area contributed by atoms with E-state index in [4.69, 9.17) is 0 Å². The predicted octanol–water partition coefficient (Wildman–Crippen LogP) is 4.91. The number of hydrogen-bond acceptors (Lipinski definition) is 3. The summed E-state index contributed by atoms with van der Waals surface area (Å²) in [5.74, 6) is -1.18. The van der Waals surface area contributed by atoms with E-state index >= 15 is 0 Å². The molecule has 0 saturated heterocycles. The Hall–Kier alpha value is -2.76. The molecule has 0 aliphatic heterocycles. The molecule has 1 N–H and O–H groups in total. The highest BCUT2D eigenvalue weighted by atomic mass is 19.3. The van der Waals surface area contributed by atoms with Gasteiger partial charge in [0.1, 0.15) is 11.6 Å². The fraction of sp³-hybridized carbons (Fsp3) is 0.300. The molecular weight excluding hydrogens is 334 g/mol. The lowest BCUT2D eigenvalue weighted by molar-refractivity contribution is -0.0988. The van der Waals surface area contributed by atoms with Crippen LogP contribution in [0.2, 0.25) is 0 Å². The molecule has 4 nitrogen and oxygen atoms in total. The third-order valence-corrected chi connectivity index (χ3v) is 5.11. The van der Waals surface area contributed by atoms with Gasteiger partial charge in [-0.15, -0.1) is 0 Å². The largest absolute Gasteiger partial charge is 0.344 e. The van der Waals surface area contributed by atoms with Crippen LogP contribution >= 0.6 is 0 Å². The van der Waals surface area contributed by atoms with Crippen LogP contribution < -0.4 is 5.32 Å². The number of aryl methyl sites for hydroxylation is 1. The van der Waals surface area contributed by atoms with E-state index in [1.54, 1.807) is 6.20 Å². The van der Waals surface area contributed by atoms with Gasteiger partial charge in [-0.3, -0.25) is 0 Å². The number of alkyl halides is 2. The van der Waals surface area contributed by atoms with E-state index in [1.807, 2.05) is 42.9 Å². The average Bonchev–Trinajstić information content (AvgIpc) is 2.91. The number of anilines is 1. The molecule has 2 heterocycles. The fourth-order valence-corrected chi connectivity index (χ4v) is 3.31. The van der Waals surface area contributed by atoms with Crippen LogP contribution in [0.4, 0.5) is 14.6 Å². The fourth-order valence-electron chi connectivity index (χ4n) is 3.31. The van der Waals surface area contributed by atoms with Gasteiger partial charge in [-0.05, 0) is 24.4 Å². The molecule has 134 valence electrons. The van der Waals surface area contributed by atoms with Gasteiger partial charge in [-0.2, -0.15) is 0 Å². The molecule has 0 amide bonds. The van der Waals surface area contributed by atoms with Crippen LogP contribution in [-0.4, -0.2) is 20.5 Å². The van der Waals surface area contributed by atoms with Crippen LogP contribution in [0.5, 0.6) is 0 Å². The van der Waals surface area contributed by atoms with Crippen LogP contribution in [0.15, 0.2) is 48.9 Å². The minimum absolute atomic E-state index is 0.142. The van der Waals surface area contributed by atoms with Crippen LogP contribution in [0, 0.1) is 12.8 Å². The van der Waals surface area contributed by atoms with Gasteiger partial charge in [0.2, 0.25) is 5.92 Å². The number of nitrogens with zero attached hydrogens (tertiary/aromatic N) is 3. The van der Waals surface area contributed by atoms with Crippen molar-refractivity contribution in [1.82, 2.24) is 14.5 Å². The molecule has 1 saturated carbocycles. The van der Waals surface area contributed by atoms with Crippen LogP contribution in [0.1, 0.15) is 18.7 Å². The van der Waals surface area contributed by atoms with Gasteiger partial charge >= 0.3 is 0 Å². The Morgan fingerprint density at radius 3 is 2.62 bits per heavy atom. The monoisotopic (exact) mass is 354 g/mol. The first-order chi connectivity index (χ1) is 12.3. The topological polar surface area (TPSA) is 42.7 Å². The molecule has 0 bridgehead atoms. The van der Waals surface area contributed by atoms with Gasteiger partial charge in [0.05, 0.1) is 11.9 Å². The number of allylic oxidation sites excluding steroid dienone is 1. The van der Waals surface area contributed by atoms with E-state index in [-0.39, 0.29) is 18.8 Å². The summed E-state index contributed by atoms with van der Waals surface area (Å²) in [5, 5.41) is 5.12. The minimum Gasteiger partial charge on any atom is -0.344 e. The molecule has 1 fully saturated rings. The Morgan fingerprint density at radius 2 is 1.96 bits per heavy atom. The number of halogens is 2. The number of hydrogen-bond donors (Lipinski definition) is 1. The summed E-state index contributed by atoms with van der Waals surface area (Å²) in [5.41, 5.74) is 2.70. The zero-order valence-corrected chi connectivity index (χ0v) is 14.8. The SMILES string of the molecule is C=C(Nc1cc2cc(-c3cnc(C)n3C)ccc2cn1)C1CC(F)(F)C1. The lowest BCUT2D eigenvalue weighted by atomic mass is 9.79. The van der Waals surface area contributed by atoms with Crippen molar-refractivity contribution in [3.8, 4) is 11.3 Å². The Bertz CT molecular complexity index is 998. The summed E-state index contributed by atoms with van der Waals surface area (Å²) in [6.07, 6.45) is 3.35. The lowest BCUT2D eigenvalue weighted by Gasteiger charge is -2.36. The first kappa shape index (κ1) is 16.7. The molecule has 1 aromatic carbocycles. The molecule has 0 unspecified atom stereocenters. The van der Waals surface area contributed by atoms with Crippen molar-refractivity contribution < 1.29 is 8.78 Å². The predicted molar refractivity (Wildman–Crippen MR) is 99.1 cm³/mol. The maximum atomic E-state index is 13.0. The van der Waals surface area contributed by atoms with Gasteiger partial charge < -0.3 is 9.88 Å². The molecule has 0 atom stereocenters. The zero-order valence-electron chi connectivity index (χ0n) is 14.8. The number of fused-ring (bicyclic) bond motifs is 1. The highest BCUT2D eigenvalue weighted by Gasteiger charge is 2.46. The highest BCUT2D eigenvalue weighted by Crippen LogP contribution is 2.45. The standard InChI is InChI=1S/C20H20F2N4/c1-12(17-8-20(21,22)9-17)25-19-7-16-6-14(4-5-15(16)10-24-19)18-11-23-13(2)26(18)3/h4-7,10-11,17H,1,8-9H2,2-3H3,(H,24,25). The average molecular weight is 354 g/mol. The van der Waals surface area contributed by atoms with E-state index in [9.17, 15) is 8.78 Å². The second-order valence-electron chi connectivity index (χ2n) is 6.99. The Balaban J connectivity index is 1.60. The van der Waals surface area contributed by atoms with Crippen LogP contribution in [0.3, 0.4) is 0 Å². The molecule has 0 radical (unpaired) electrons. The van der Waals surface area contributed by atoms with E-state index in [0.717, 1.165) is 27.9 Å². The van der Waals surface area contributed by atoms with Gasteiger partial charge in [-0.1, -0.05) is 18.7 Å². The summed E-state index contributed by atoms with van der Waals surface area (Å²) >= 11 is 0. The molecule has 2 aromatic heterocycles. The second kappa shape index (κ2) is 5.90. The van der Waals surface area contributed by atoms with Crippen molar-refractivity contribution in [2.75, 3.05) is 5.32 Å². The third-order valence-electron chi connectivity index (χ3n) is 5.11. The van der Waals surface area contributed by atoms with Gasteiger partial charge in [0.25, 0.3) is 0 Å². The third kappa shape index (κ3) is 2.96. The number of nitrogens with one attached hydrogen (secondary N) is 1. The van der Waals surface area contributed by atoms with Crippen molar-refractivity contribution in [2.45, 2.75) is 25.7 Å². The summed E-state index contributed by atoms with van der Waals surface area (Å²) in [6.45, 7) is 5.87. The number of aromatic nitrogens is 3. The van der Waals surface area contributed by atoms with Gasteiger partial charge in [-0.25, -0.2) is 18.7 Å². The highest BCUT2D eigenvalue weighted by molar-refractivity contribution is 5.88. The van der Waals surface area contributed by atoms with Crippen molar-refractivity contribution in [3.05, 3.63) is 54.8 Å². The molecule has 1 aliphatic rings. The minimum atomic E-state index is -2.55. The molecule has 6 heteroatoms. The van der Waals surface area contributed by atoms with Crippen molar-refractivity contribution in [1.29, 1.82) is 0 Å². The lowest BCUT2D eigenvalue weighted by Crippen LogP contribution is -2.37. The first-order valence-corrected chi connectivity index (χ1v) is 8.54. The zero-order chi connectivity index (χ0) is 18.5. The molecule has 0 spiro atoms. The van der Waals surface area contributed by atoms with E-state index in [2.05, 4.69) is 27.9 Å². The Kier molecular flexibility index (Phi) is 3.79. The molecule has 1 aliphatic carbocycles. The van der Waals surface area contributed by atoms with E-state index in [0.29, 0.717) is 11.5 Å². The number of pyridine rings is 1. The molecular formula is C20H20F2N4. The Labute approximate surface area is 150 Å². The van der Waals surface area contributed by atoms with Gasteiger partial charge in [0, 0.05) is 48.7 Å². The molecule has 3 aromatic rings. The quantitative estimate of drug-likeness (QED) is 0.723. The van der Waals surface area contributed by atoms with Crippen molar-refractivity contribution in [2.24, 2.45) is 13.0 Å². The summed E-state index contributed by atoms with van der Waals surface area (Å²) in [6, 6.07) is 8.07. The maximum absolute atomic E-state index is 13.0. The van der Waals surface area contributed by atoms with Gasteiger partial charge in [0.15, 0.2) is 0 Å². The number of benzene rings is 1. The smallest absolute Gasteiger partial charge is 0.249 e. The van der Waals surface area contributed by atoms with E-state index < -0.39 is 5.92 Å². The van der Waals surface area contributed by atoms with E-state index in [1.165, 1.54) is 0 Å². The van der Waals surface area contributed by atoms with Crippen molar-refractivity contribution in [3.63, 3.8) is 0 Å². The summed E-state index contributed by atoms with van der Waals surface area (Å²) < 4.78 is 28.1. The summed E-state index contributed by atoms with van der Waals surface area (Å²) in [4.78, 5) is 8.71. The second-order valence-corrected chi connectivity index (χ2v) is 6.99. The molecule has 26 heavy (non-hydrogen) atoms. The maximum Gasteiger partial charge on any atom is 0.249 e. The van der Waals surface area contributed by atoms with Crippen LogP contribution in [-0.2, 0) is 7.05 Å². The van der Waals surface area contributed by atoms with Crippen LogP contribution in [0.25, 0.3) is 22.0 Å². The number of imidazole rings is 1. The normalized spacial score (nSPS) is 16.5. The van der Waals surface area contributed by atoms with Crippen molar-refractivity contribution >= 4 is 16.6 Å². The Morgan fingerprint density at radius 1 is 1.19 bits per heavy atom. The molecule has 4 rings (SSSR count).